The van der Waals surface area contributed by atoms with E-state index in [4.69, 9.17) is 0 Å². The van der Waals surface area contributed by atoms with E-state index in [1.807, 2.05) is 0 Å². The van der Waals surface area contributed by atoms with Crippen LogP contribution in [0.3, 0.4) is 0 Å². The van der Waals surface area contributed by atoms with E-state index in [2.05, 4.69) is 10.4 Å². The molecule has 1 amide bonds. The number of halogens is 6. The first-order valence-corrected chi connectivity index (χ1v) is 7.98. The molecular weight excluding hydrogens is 388 g/mol. The summed E-state index contributed by atoms with van der Waals surface area (Å²) in [5, 5.41) is 7.06. The molecule has 0 unspecified atom stereocenters. The van der Waals surface area contributed by atoms with E-state index in [1.165, 1.54) is 13.0 Å². The highest BCUT2D eigenvalue weighted by Crippen LogP contribution is 2.34. The molecule has 28 heavy (non-hydrogen) atoms. The number of rotatable bonds is 3. The van der Waals surface area contributed by atoms with Gasteiger partial charge in [-0.3, -0.25) is 4.79 Å². The Kier molecular flexibility index (Phi) is 4.82. The van der Waals surface area contributed by atoms with Gasteiger partial charge in [0.15, 0.2) is 0 Å². The van der Waals surface area contributed by atoms with Crippen molar-refractivity contribution in [1.82, 2.24) is 15.1 Å². The van der Waals surface area contributed by atoms with Gasteiger partial charge in [0.2, 0.25) is 5.91 Å². The topological polar surface area (TPSA) is 46.9 Å². The van der Waals surface area contributed by atoms with Crippen LogP contribution in [-0.4, -0.2) is 15.7 Å². The molecule has 2 aromatic carbocycles. The Morgan fingerprint density at radius 3 is 2.07 bits per heavy atom. The van der Waals surface area contributed by atoms with Gasteiger partial charge in [-0.15, -0.1) is 0 Å². The van der Waals surface area contributed by atoms with Crippen molar-refractivity contribution < 1.29 is 31.1 Å². The first-order chi connectivity index (χ1) is 13.0. The second-order valence-corrected chi connectivity index (χ2v) is 6.04. The van der Waals surface area contributed by atoms with E-state index in [0.717, 1.165) is 41.1 Å². The molecule has 0 aliphatic rings. The summed E-state index contributed by atoms with van der Waals surface area (Å²) in [6, 6.07) is 6.88. The molecule has 0 atom stereocenters. The van der Waals surface area contributed by atoms with Crippen LogP contribution >= 0.6 is 0 Å². The zero-order chi connectivity index (χ0) is 20.7. The third-order valence-electron chi connectivity index (χ3n) is 4.03. The lowest BCUT2D eigenvalue weighted by Gasteiger charge is -2.10. The third kappa shape index (κ3) is 3.95. The molecule has 4 nitrogen and oxygen atoms in total. The van der Waals surface area contributed by atoms with Gasteiger partial charge >= 0.3 is 12.4 Å². The lowest BCUT2D eigenvalue weighted by molar-refractivity contribution is -0.138. The number of carbonyl (C=O) groups excluding carboxylic acids is 1. The van der Waals surface area contributed by atoms with Crippen LogP contribution in [0.4, 0.5) is 26.3 Å². The van der Waals surface area contributed by atoms with E-state index in [-0.39, 0.29) is 23.7 Å². The maximum Gasteiger partial charge on any atom is 0.416 e. The Morgan fingerprint density at radius 1 is 0.964 bits per heavy atom. The van der Waals surface area contributed by atoms with Crippen molar-refractivity contribution in [3.63, 3.8) is 0 Å². The van der Waals surface area contributed by atoms with Crippen LogP contribution in [-0.2, 0) is 23.7 Å². The highest BCUT2D eigenvalue weighted by Gasteiger charge is 2.32. The monoisotopic (exact) mass is 401 g/mol. The average Bonchev–Trinajstić information content (AvgIpc) is 2.96. The molecular formula is C18H13F6N3O. The van der Waals surface area contributed by atoms with Gasteiger partial charge < -0.3 is 5.32 Å². The fraction of sp³-hybridized carbons (Fsp3) is 0.222. The van der Waals surface area contributed by atoms with Gasteiger partial charge in [-0.05, 0) is 36.4 Å². The first-order valence-electron chi connectivity index (χ1n) is 7.98. The molecule has 0 saturated heterocycles. The minimum absolute atomic E-state index is 0.0369. The van der Waals surface area contributed by atoms with Crippen molar-refractivity contribution in [2.24, 2.45) is 0 Å². The van der Waals surface area contributed by atoms with Crippen LogP contribution in [0.5, 0.6) is 0 Å². The maximum absolute atomic E-state index is 13.1. The normalized spacial score (nSPS) is 12.4. The molecule has 0 bridgehead atoms. The fourth-order valence-corrected chi connectivity index (χ4v) is 2.68. The van der Waals surface area contributed by atoms with Gasteiger partial charge in [0.1, 0.15) is 0 Å². The number of hydrogen-bond acceptors (Lipinski definition) is 2. The van der Waals surface area contributed by atoms with Crippen molar-refractivity contribution >= 4 is 16.8 Å². The molecule has 0 radical (unpaired) electrons. The number of alkyl halides is 6. The number of hydrogen-bond donors (Lipinski definition) is 1. The standard InChI is InChI=1S/C18H13F6N3O/c1-10(28)25-9-15-14-7-4-12(18(22,23)24)8-16(14)27(26-15)13-5-2-11(3-6-13)17(19,20)21/h2-8H,9H2,1H3,(H,25,28). The van der Waals surface area contributed by atoms with Crippen molar-refractivity contribution in [3.8, 4) is 5.69 Å². The van der Waals surface area contributed by atoms with Gasteiger partial charge in [-0.2, -0.15) is 31.4 Å². The number of nitrogens with zero attached hydrogens (tertiary/aromatic N) is 2. The quantitative estimate of drug-likeness (QED) is 0.647. The highest BCUT2D eigenvalue weighted by atomic mass is 19.4. The second kappa shape index (κ2) is 6.84. The molecule has 0 spiro atoms. The largest absolute Gasteiger partial charge is 0.416 e. The predicted octanol–water partition coefficient (Wildman–Crippen LogP) is 4.70. The molecule has 1 aromatic heterocycles. The van der Waals surface area contributed by atoms with Crippen molar-refractivity contribution in [1.29, 1.82) is 0 Å². The van der Waals surface area contributed by atoms with Gasteiger partial charge in [-0.25, -0.2) is 4.68 Å². The van der Waals surface area contributed by atoms with Crippen LogP contribution in [0.25, 0.3) is 16.6 Å². The molecule has 0 fully saturated rings. The second-order valence-electron chi connectivity index (χ2n) is 6.04. The van der Waals surface area contributed by atoms with Gasteiger partial charge in [0.25, 0.3) is 0 Å². The summed E-state index contributed by atoms with van der Waals surface area (Å²) < 4.78 is 78.6. The third-order valence-corrected chi connectivity index (χ3v) is 4.03. The molecule has 1 N–H and O–H groups in total. The average molecular weight is 401 g/mol. The van der Waals surface area contributed by atoms with E-state index in [9.17, 15) is 31.1 Å². The lowest BCUT2D eigenvalue weighted by Crippen LogP contribution is -2.19. The number of carbonyl (C=O) groups is 1. The number of benzene rings is 2. The molecule has 10 heteroatoms. The minimum atomic E-state index is -4.60. The molecule has 0 aliphatic heterocycles. The molecule has 148 valence electrons. The Bertz CT molecular complexity index is 1020. The van der Waals surface area contributed by atoms with Crippen LogP contribution in [0.2, 0.25) is 0 Å². The van der Waals surface area contributed by atoms with Crippen molar-refractivity contribution in [2.45, 2.75) is 25.8 Å². The van der Waals surface area contributed by atoms with E-state index in [1.54, 1.807) is 0 Å². The summed E-state index contributed by atoms with van der Waals surface area (Å²) in [4.78, 5) is 11.1. The predicted molar refractivity (Wildman–Crippen MR) is 88.6 cm³/mol. The number of amides is 1. The summed E-state index contributed by atoms with van der Waals surface area (Å²) in [7, 11) is 0. The summed E-state index contributed by atoms with van der Waals surface area (Å²) in [6.07, 6.45) is -9.13. The van der Waals surface area contributed by atoms with Gasteiger partial charge in [-0.1, -0.05) is 6.07 Å². The summed E-state index contributed by atoms with van der Waals surface area (Å²) in [5.74, 6) is -0.357. The molecule has 0 aliphatic carbocycles. The summed E-state index contributed by atoms with van der Waals surface area (Å²) in [6.45, 7) is 1.24. The summed E-state index contributed by atoms with van der Waals surface area (Å²) >= 11 is 0. The van der Waals surface area contributed by atoms with Crippen LogP contribution in [0, 0.1) is 0 Å². The Labute approximate surface area is 154 Å². The van der Waals surface area contributed by atoms with Gasteiger partial charge in [0, 0.05) is 12.3 Å². The van der Waals surface area contributed by atoms with Crippen molar-refractivity contribution in [3.05, 3.63) is 59.3 Å². The Balaban J connectivity index is 2.15. The fourth-order valence-electron chi connectivity index (χ4n) is 2.68. The van der Waals surface area contributed by atoms with Gasteiger partial charge in [0.05, 0.1) is 34.6 Å². The van der Waals surface area contributed by atoms with Crippen molar-refractivity contribution in [2.75, 3.05) is 0 Å². The van der Waals surface area contributed by atoms with E-state index in [0.29, 0.717) is 11.1 Å². The molecule has 3 aromatic rings. The van der Waals surface area contributed by atoms with Crippen LogP contribution in [0.15, 0.2) is 42.5 Å². The Morgan fingerprint density at radius 2 is 1.54 bits per heavy atom. The number of fused-ring (bicyclic) bond motifs is 1. The SMILES string of the molecule is CC(=O)NCc1nn(-c2ccc(C(F)(F)F)cc2)c2cc(C(F)(F)F)ccc12. The lowest BCUT2D eigenvalue weighted by atomic mass is 10.1. The van der Waals surface area contributed by atoms with E-state index < -0.39 is 23.5 Å². The minimum Gasteiger partial charge on any atom is -0.351 e. The molecule has 0 saturated carbocycles. The number of nitrogens with one attached hydrogen (secondary N) is 1. The van der Waals surface area contributed by atoms with Crippen LogP contribution < -0.4 is 5.32 Å². The van der Waals surface area contributed by atoms with E-state index >= 15 is 0 Å². The van der Waals surface area contributed by atoms with Crippen LogP contribution in [0.1, 0.15) is 23.7 Å². The zero-order valence-electron chi connectivity index (χ0n) is 14.3. The highest BCUT2D eigenvalue weighted by molar-refractivity contribution is 5.85. The smallest absolute Gasteiger partial charge is 0.351 e. The first kappa shape index (κ1) is 19.7. The maximum atomic E-state index is 13.1. The summed E-state index contributed by atoms with van der Waals surface area (Å²) in [5.41, 5.74) is -1.29. The number of aromatic nitrogens is 2. The molecule has 3 rings (SSSR count). The Hall–Kier alpha value is -3.04. The zero-order valence-corrected chi connectivity index (χ0v) is 14.3. The molecule has 1 heterocycles.